The van der Waals surface area contributed by atoms with E-state index in [1.807, 2.05) is 44.4 Å². The number of hydrogen-bond acceptors (Lipinski definition) is 3. The molecule has 1 aliphatic heterocycles. The van der Waals surface area contributed by atoms with Gasteiger partial charge in [-0.25, -0.2) is 8.42 Å². The summed E-state index contributed by atoms with van der Waals surface area (Å²) in [6.45, 7) is 6.51. The minimum atomic E-state index is -3.49. The molecule has 0 bridgehead atoms. The SMILES string of the molecule is Cc1cc(C)c(S(=O)(=O)N2CCCCCC2c2cccs2)cc1C. The van der Waals surface area contributed by atoms with E-state index in [4.69, 9.17) is 0 Å². The van der Waals surface area contributed by atoms with Crippen LogP contribution in [0.1, 0.15) is 53.3 Å². The highest BCUT2D eigenvalue weighted by atomic mass is 32.2. The van der Waals surface area contributed by atoms with Crippen molar-refractivity contribution in [1.82, 2.24) is 4.31 Å². The molecule has 1 unspecified atom stereocenters. The Hall–Kier alpha value is -1.17. The van der Waals surface area contributed by atoms with Crippen LogP contribution < -0.4 is 0 Å². The normalized spacial score (nSPS) is 20.0. The average Bonchev–Trinajstić information content (AvgIpc) is 2.94. The van der Waals surface area contributed by atoms with Gasteiger partial charge in [-0.2, -0.15) is 4.31 Å². The van der Waals surface area contributed by atoms with Crippen LogP contribution in [0, 0.1) is 20.8 Å². The molecule has 1 aromatic heterocycles. The van der Waals surface area contributed by atoms with Crippen LogP contribution in [-0.4, -0.2) is 19.3 Å². The number of thiophene rings is 1. The molecule has 0 N–H and O–H groups in total. The summed E-state index contributed by atoms with van der Waals surface area (Å²) in [4.78, 5) is 1.62. The quantitative estimate of drug-likeness (QED) is 0.771. The molecule has 1 aromatic carbocycles. The summed E-state index contributed by atoms with van der Waals surface area (Å²) >= 11 is 1.66. The van der Waals surface area contributed by atoms with Gasteiger partial charge in [0.25, 0.3) is 0 Å². The first-order valence-corrected chi connectivity index (χ1v) is 10.9. The zero-order chi connectivity index (χ0) is 17.3. The van der Waals surface area contributed by atoms with E-state index in [0.717, 1.165) is 47.3 Å². The van der Waals surface area contributed by atoms with E-state index in [1.165, 1.54) is 0 Å². The third kappa shape index (κ3) is 3.30. The predicted molar refractivity (Wildman–Crippen MR) is 100 cm³/mol. The Kier molecular flexibility index (Phi) is 5.13. The van der Waals surface area contributed by atoms with Gasteiger partial charge in [0.15, 0.2) is 0 Å². The van der Waals surface area contributed by atoms with Gasteiger partial charge < -0.3 is 0 Å². The van der Waals surface area contributed by atoms with Crippen molar-refractivity contribution in [1.29, 1.82) is 0 Å². The van der Waals surface area contributed by atoms with Gasteiger partial charge in [-0.3, -0.25) is 0 Å². The van der Waals surface area contributed by atoms with Crippen LogP contribution in [0.15, 0.2) is 34.5 Å². The highest BCUT2D eigenvalue weighted by Crippen LogP contribution is 2.37. The Morgan fingerprint density at radius 2 is 1.79 bits per heavy atom. The lowest BCUT2D eigenvalue weighted by Crippen LogP contribution is -2.35. The first-order valence-electron chi connectivity index (χ1n) is 8.54. The van der Waals surface area contributed by atoms with Gasteiger partial charge in [-0.1, -0.05) is 25.0 Å². The van der Waals surface area contributed by atoms with Gasteiger partial charge in [-0.15, -0.1) is 11.3 Å². The number of rotatable bonds is 3. The fourth-order valence-electron chi connectivity index (χ4n) is 3.47. The van der Waals surface area contributed by atoms with E-state index in [9.17, 15) is 8.42 Å². The second-order valence-corrected chi connectivity index (χ2v) is 9.54. The summed E-state index contributed by atoms with van der Waals surface area (Å²) in [5.74, 6) is 0. The fourth-order valence-corrected chi connectivity index (χ4v) is 6.38. The Bertz CT molecular complexity index is 810. The number of benzene rings is 1. The Labute approximate surface area is 149 Å². The second-order valence-electron chi connectivity index (χ2n) is 6.70. The Morgan fingerprint density at radius 1 is 1.04 bits per heavy atom. The summed E-state index contributed by atoms with van der Waals surface area (Å²) in [6, 6.07) is 7.88. The highest BCUT2D eigenvalue weighted by molar-refractivity contribution is 7.89. The van der Waals surface area contributed by atoms with E-state index < -0.39 is 10.0 Å². The molecular weight excluding hydrogens is 338 g/mol. The van der Waals surface area contributed by atoms with Crippen molar-refractivity contribution in [3.05, 3.63) is 51.2 Å². The smallest absolute Gasteiger partial charge is 0.207 e. The van der Waals surface area contributed by atoms with Crippen LogP contribution in [-0.2, 0) is 10.0 Å². The lowest BCUT2D eigenvalue weighted by Gasteiger charge is -2.29. The molecule has 0 saturated carbocycles. The van der Waals surface area contributed by atoms with Crippen LogP contribution in [0.5, 0.6) is 0 Å². The van der Waals surface area contributed by atoms with Gasteiger partial charge in [0.05, 0.1) is 10.9 Å². The number of aryl methyl sites for hydroxylation is 3. The van der Waals surface area contributed by atoms with Gasteiger partial charge in [0.2, 0.25) is 10.0 Å². The Morgan fingerprint density at radius 3 is 2.50 bits per heavy atom. The largest absolute Gasteiger partial charge is 0.243 e. The van der Waals surface area contributed by atoms with E-state index in [1.54, 1.807) is 15.6 Å². The van der Waals surface area contributed by atoms with Crippen molar-refractivity contribution in [3.8, 4) is 0 Å². The Balaban J connectivity index is 2.07. The monoisotopic (exact) mass is 363 g/mol. The molecule has 0 spiro atoms. The predicted octanol–water partition coefficient (Wildman–Crippen LogP) is 4.98. The van der Waals surface area contributed by atoms with Crippen LogP contribution in [0.3, 0.4) is 0 Å². The molecule has 0 amide bonds. The maximum atomic E-state index is 13.5. The minimum Gasteiger partial charge on any atom is -0.207 e. The van der Waals surface area contributed by atoms with Gasteiger partial charge in [-0.05, 0) is 67.8 Å². The lowest BCUT2D eigenvalue weighted by atomic mass is 10.1. The lowest BCUT2D eigenvalue weighted by molar-refractivity contribution is 0.333. The third-order valence-electron chi connectivity index (χ3n) is 4.95. The molecule has 3 rings (SSSR count). The molecule has 5 heteroatoms. The fraction of sp³-hybridized carbons (Fsp3) is 0.474. The van der Waals surface area contributed by atoms with Crippen molar-refractivity contribution in [2.24, 2.45) is 0 Å². The first kappa shape index (κ1) is 17.6. The molecule has 1 aliphatic rings. The molecule has 24 heavy (non-hydrogen) atoms. The summed E-state index contributed by atoms with van der Waals surface area (Å²) in [5.41, 5.74) is 3.01. The van der Waals surface area contributed by atoms with Crippen molar-refractivity contribution < 1.29 is 8.42 Å². The summed E-state index contributed by atoms with van der Waals surface area (Å²) in [7, 11) is -3.49. The zero-order valence-corrected chi connectivity index (χ0v) is 16.2. The van der Waals surface area contributed by atoms with Gasteiger partial charge in [0, 0.05) is 11.4 Å². The number of hydrogen-bond donors (Lipinski definition) is 0. The molecule has 130 valence electrons. The van der Waals surface area contributed by atoms with Crippen molar-refractivity contribution >= 4 is 21.4 Å². The molecule has 1 atom stereocenters. The molecule has 0 radical (unpaired) electrons. The molecule has 1 fully saturated rings. The van der Waals surface area contributed by atoms with Crippen molar-refractivity contribution in [3.63, 3.8) is 0 Å². The van der Waals surface area contributed by atoms with Crippen molar-refractivity contribution in [2.45, 2.75) is 57.4 Å². The van der Waals surface area contributed by atoms with Crippen LogP contribution in [0.2, 0.25) is 0 Å². The molecular formula is C19H25NO2S2. The number of nitrogens with zero attached hydrogens (tertiary/aromatic N) is 1. The van der Waals surface area contributed by atoms with Crippen molar-refractivity contribution in [2.75, 3.05) is 6.54 Å². The van der Waals surface area contributed by atoms with E-state index in [0.29, 0.717) is 11.4 Å². The van der Waals surface area contributed by atoms with E-state index >= 15 is 0 Å². The van der Waals surface area contributed by atoms with Crippen LogP contribution in [0.4, 0.5) is 0 Å². The summed E-state index contributed by atoms with van der Waals surface area (Å²) in [6.07, 6.45) is 4.02. The van der Waals surface area contributed by atoms with Crippen LogP contribution >= 0.6 is 11.3 Å². The van der Waals surface area contributed by atoms with E-state index in [2.05, 4.69) is 6.07 Å². The first-order chi connectivity index (χ1) is 11.4. The van der Waals surface area contributed by atoms with E-state index in [-0.39, 0.29) is 6.04 Å². The third-order valence-corrected chi connectivity index (χ3v) is 7.98. The van der Waals surface area contributed by atoms with Crippen LogP contribution in [0.25, 0.3) is 0 Å². The summed E-state index contributed by atoms with van der Waals surface area (Å²) < 4.78 is 28.7. The zero-order valence-electron chi connectivity index (χ0n) is 14.6. The average molecular weight is 364 g/mol. The molecule has 2 heterocycles. The highest BCUT2D eigenvalue weighted by Gasteiger charge is 2.34. The second kappa shape index (κ2) is 6.98. The molecule has 2 aromatic rings. The molecule has 0 aliphatic carbocycles. The molecule has 1 saturated heterocycles. The van der Waals surface area contributed by atoms with Gasteiger partial charge in [0.1, 0.15) is 0 Å². The maximum absolute atomic E-state index is 13.5. The standard InChI is InChI=1S/C19H25NO2S2/c1-14-12-16(3)19(13-15(14)2)24(21,22)20-10-6-4-5-8-17(20)18-9-7-11-23-18/h7,9,11-13,17H,4-6,8,10H2,1-3H3. The maximum Gasteiger partial charge on any atom is 0.243 e. The number of sulfonamides is 1. The van der Waals surface area contributed by atoms with Gasteiger partial charge >= 0.3 is 0 Å². The molecule has 3 nitrogen and oxygen atoms in total. The minimum absolute atomic E-state index is 0.0292. The topological polar surface area (TPSA) is 37.4 Å². The summed E-state index contributed by atoms with van der Waals surface area (Å²) in [5, 5.41) is 2.03.